The molecule has 0 bridgehead atoms. The number of pyridine rings is 1. The number of ether oxygens (including phenoxy) is 1. The van der Waals surface area contributed by atoms with E-state index in [0.717, 1.165) is 11.3 Å². The molecule has 0 aliphatic rings. The van der Waals surface area contributed by atoms with Crippen LogP contribution in [0.25, 0.3) is 5.65 Å². The second-order valence-electron chi connectivity index (χ2n) is 4.54. The highest BCUT2D eigenvalue weighted by atomic mass is 16.5. The van der Waals surface area contributed by atoms with Crippen molar-refractivity contribution in [2.24, 2.45) is 0 Å². The number of carbonyl (C=O) groups is 1. The molecule has 0 radical (unpaired) electrons. The maximum absolute atomic E-state index is 10.8. The summed E-state index contributed by atoms with van der Waals surface area (Å²) in [4.78, 5) is 15.2. The van der Waals surface area contributed by atoms with Crippen LogP contribution in [0.15, 0.2) is 48.8 Å². The first-order valence-electron chi connectivity index (χ1n) is 6.32. The van der Waals surface area contributed by atoms with Gasteiger partial charge in [-0.25, -0.2) is 9.78 Å². The predicted molar refractivity (Wildman–Crippen MR) is 77.3 cm³/mol. The van der Waals surface area contributed by atoms with Gasteiger partial charge in [0, 0.05) is 12.4 Å². The number of carboxylic acids is 1. The lowest BCUT2D eigenvalue weighted by molar-refractivity contribution is 0.0697. The van der Waals surface area contributed by atoms with Crippen LogP contribution < -0.4 is 10.5 Å². The largest absolute Gasteiger partial charge is 0.485 e. The van der Waals surface area contributed by atoms with Gasteiger partial charge < -0.3 is 20.0 Å². The summed E-state index contributed by atoms with van der Waals surface area (Å²) in [5.41, 5.74) is 7.81. The average Bonchev–Trinajstić information content (AvgIpc) is 2.88. The Hall–Kier alpha value is -3.02. The van der Waals surface area contributed by atoms with Gasteiger partial charge in [-0.3, -0.25) is 0 Å². The molecule has 0 atom stereocenters. The maximum Gasteiger partial charge on any atom is 0.335 e. The van der Waals surface area contributed by atoms with Gasteiger partial charge in [0.15, 0.2) is 0 Å². The lowest BCUT2D eigenvalue weighted by atomic mass is 10.2. The number of hydrogen-bond acceptors (Lipinski definition) is 4. The molecule has 0 fully saturated rings. The van der Waals surface area contributed by atoms with Crippen molar-refractivity contribution in [2.45, 2.75) is 6.61 Å². The van der Waals surface area contributed by atoms with Gasteiger partial charge in [-0.05, 0) is 30.3 Å². The summed E-state index contributed by atoms with van der Waals surface area (Å²) >= 11 is 0. The molecule has 0 aliphatic carbocycles. The normalized spacial score (nSPS) is 10.7. The third-order valence-corrected chi connectivity index (χ3v) is 3.05. The Bertz CT molecular complexity index is 778. The molecule has 6 heteroatoms. The summed E-state index contributed by atoms with van der Waals surface area (Å²) in [6.45, 7) is 0.262. The number of fused-ring (bicyclic) bond motifs is 1. The Morgan fingerprint density at radius 2 is 2.19 bits per heavy atom. The second kappa shape index (κ2) is 5.16. The van der Waals surface area contributed by atoms with Crippen molar-refractivity contribution in [3.05, 3.63) is 60.0 Å². The number of aromatic nitrogens is 2. The number of carboxylic acid groups (broad SMARTS) is 1. The van der Waals surface area contributed by atoms with Crippen molar-refractivity contribution in [3.63, 3.8) is 0 Å². The zero-order valence-corrected chi connectivity index (χ0v) is 11.1. The van der Waals surface area contributed by atoms with Crippen LogP contribution in [0.2, 0.25) is 0 Å². The lowest BCUT2D eigenvalue weighted by Gasteiger charge is -2.07. The van der Waals surface area contributed by atoms with Crippen LogP contribution in [0, 0.1) is 0 Å². The van der Waals surface area contributed by atoms with Crippen LogP contribution in [0.3, 0.4) is 0 Å². The van der Waals surface area contributed by atoms with Crippen molar-refractivity contribution in [1.82, 2.24) is 9.38 Å². The van der Waals surface area contributed by atoms with Gasteiger partial charge in [0.1, 0.15) is 18.0 Å². The van der Waals surface area contributed by atoms with E-state index in [1.54, 1.807) is 6.07 Å². The second-order valence-corrected chi connectivity index (χ2v) is 4.54. The Labute approximate surface area is 120 Å². The fraction of sp³-hybridized carbons (Fsp3) is 0.0667. The highest BCUT2D eigenvalue weighted by Gasteiger charge is 2.08. The van der Waals surface area contributed by atoms with Gasteiger partial charge in [0.25, 0.3) is 0 Å². The SMILES string of the molecule is Nc1cc(C(=O)O)ccc1OCc1cn2ccccc2n1. The smallest absolute Gasteiger partial charge is 0.335 e. The van der Waals surface area contributed by atoms with E-state index in [1.165, 1.54) is 12.1 Å². The lowest BCUT2D eigenvalue weighted by Crippen LogP contribution is -2.02. The molecule has 0 spiro atoms. The molecule has 6 nitrogen and oxygen atoms in total. The first-order chi connectivity index (χ1) is 10.1. The van der Waals surface area contributed by atoms with E-state index in [1.807, 2.05) is 35.0 Å². The molecule has 0 aliphatic heterocycles. The van der Waals surface area contributed by atoms with E-state index < -0.39 is 5.97 Å². The minimum absolute atomic E-state index is 0.132. The quantitative estimate of drug-likeness (QED) is 0.716. The molecule has 3 N–H and O–H groups in total. The van der Waals surface area contributed by atoms with E-state index in [4.69, 9.17) is 15.6 Å². The van der Waals surface area contributed by atoms with E-state index >= 15 is 0 Å². The average molecular weight is 283 g/mol. The number of nitrogen functional groups attached to an aromatic ring is 1. The molecule has 0 saturated carbocycles. The van der Waals surface area contributed by atoms with Crippen LogP contribution in [-0.2, 0) is 6.61 Å². The topological polar surface area (TPSA) is 89.9 Å². The first kappa shape index (κ1) is 13.0. The molecule has 106 valence electrons. The van der Waals surface area contributed by atoms with Crippen molar-refractivity contribution in [1.29, 1.82) is 0 Å². The predicted octanol–water partition coefficient (Wildman–Crippen LogP) is 2.19. The number of anilines is 1. The molecule has 1 aromatic carbocycles. The Kier molecular flexibility index (Phi) is 3.19. The van der Waals surface area contributed by atoms with E-state index in [0.29, 0.717) is 11.4 Å². The Morgan fingerprint density at radius 3 is 2.90 bits per heavy atom. The number of benzene rings is 1. The molecule has 0 unspecified atom stereocenters. The van der Waals surface area contributed by atoms with Gasteiger partial charge in [0.2, 0.25) is 0 Å². The molecule has 21 heavy (non-hydrogen) atoms. The number of imidazole rings is 1. The third-order valence-electron chi connectivity index (χ3n) is 3.05. The molecule has 2 aromatic heterocycles. The van der Waals surface area contributed by atoms with Gasteiger partial charge >= 0.3 is 5.97 Å². The van der Waals surface area contributed by atoms with Gasteiger partial charge in [-0.15, -0.1) is 0 Å². The van der Waals surface area contributed by atoms with Crippen molar-refractivity contribution < 1.29 is 14.6 Å². The van der Waals surface area contributed by atoms with Gasteiger partial charge in [-0.1, -0.05) is 6.07 Å². The van der Waals surface area contributed by atoms with Gasteiger partial charge in [0.05, 0.1) is 16.9 Å². The molecule has 0 saturated heterocycles. The van der Waals surface area contributed by atoms with Crippen molar-refractivity contribution in [2.75, 3.05) is 5.73 Å². The Balaban J connectivity index is 1.76. The number of nitrogens with zero attached hydrogens (tertiary/aromatic N) is 2. The minimum Gasteiger partial charge on any atom is -0.485 e. The summed E-state index contributed by atoms with van der Waals surface area (Å²) in [5.74, 6) is -0.578. The number of nitrogens with two attached hydrogens (primary N) is 1. The highest BCUT2D eigenvalue weighted by Crippen LogP contribution is 2.23. The zero-order valence-electron chi connectivity index (χ0n) is 11.1. The molecular weight excluding hydrogens is 270 g/mol. The highest BCUT2D eigenvalue weighted by molar-refractivity contribution is 5.89. The van der Waals surface area contributed by atoms with Crippen LogP contribution in [0.5, 0.6) is 5.75 Å². The number of hydrogen-bond donors (Lipinski definition) is 2. The molecule has 2 heterocycles. The molecular formula is C15H13N3O3. The summed E-state index contributed by atoms with van der Waals surface area (Å²) < 4.78 is 7.49. The third kappa shape index (κ3) is 2.64. The van der Waals surface area contributed by atoms with Gasteiger partial charge in [-0.2, -0.15) is 0 Å². The van der Waals surface area contributed by atoms with E-state index in [2.05, 4.69) is 4.98 Å². The maximum atomic E-state index is 10.8. The van der Waals surface area contributed by atoms with Crippen LogP contribution in [0.1, 0.15) is 16.1 Å². The van der Waals surface area contributed by atoms with Crippen LogP contribution in [0.4, 0.5) is 5.69 Å². The molecule has 3 rings (SSSR count). The van der Waals surface area contributed by atoms with Crippen molar-refractivity contribution in [3.8, 4) is 5.75 Å². The van der Waals surface area contributed by atoms with Crippen LogP contribution >= 0.6 is 0 Å². The van der Waals surface area contributed by atoms with Crippen molar-refractivity contribution >= 4 is 17.3 Å². The molecule has 3 aromatic rings. The fourth-order valence-electron chi connectivity index (χ4n) is 2.02. The summed E-state index contributed by atoms with van der Waals surface area (Å²) in [6, 6.07) is 10.1. The number of aromatic carboxylic acids is 1. The minimum atomic E-state index is -1.02. The fourth-order valence-corrected chi connectivity index (χ4v) is 2.02. The Morgan fingerprint density at radius 1 is 1.33 bits per heavy atom. The standard InChI is InChI=1S/C15H13N3O3/c16-12-7-10(15(19)20)4-5-13(12)21-9-11-8-18-6-2-1-3-14(18)17-11/h1-8H,9,16H2,(H,19,20). The summed E-state index contributed by atoms with van der Waals surface area (Å²) in [7, 11) is 0. The first-order valence-corrected chi connectivity index (χ1v) is 6.32. The van der Waals surface area contributed by atoms with Crippen LogP contribution in [-0.4, -0.2) is 20.5 Å². The van der Waals surface area contributed by atoms with E-state index in [-0.39, 0.29) is 12.2 Å². The monoisotopic (exact) mass is 283 g/mol. The summed E-state index contributed by atoms with van der Waals surface area (Å²) in [6.07, 6.45) is 3.78. The molecule has 0 amide bonds. The zero-order chi connectivity index (χ0) is 14.8. The van der Waals surface area contributed by atoms with E-state index in [9.17, 15) is 4.79 Å². The number of rotatable bonds is 4. The summed E-state index contributed by atoms with van der Waals surface area (Å²) in [5, 5.41) is 8.88.